The molecule has 1 aromatic heterocycles. The summed E-state index contributed by atoms with van der Waals surface area (Å²) < 4.78 is 0. The van der Waals surface area contributed by atoms with Crippen LogP contribution in [0.4, 0.5) is 0 Å². The molecule has 3 rings (SSSR count). The van der Waals surface area contributed by atoms with Crippen LogP contribution in [0.5, 0.6) is 5.75 Å². The Hall–Kier alpha value is -1.61. The van der Waals surface area contributed by atoms with E-state index >= 15 is 0 Å². The number of phenols is 1. The second kappa shape index (κ2) is 2.95. The highest BCUT2D eigenvalue weighted by Crippen LogP contribution is 2.32. The minimum absolute atomic E-state index is 0.357. The monoisotopic (exact) mass is 227 g/mol. The molecule has 1 aromatic carbocycles. The summed E-state index contributed by atoms with van der Waals surface area (Å²) in [6.07, 6.45) is 1.80. The topological polar surface area (TPSA) is 33.1 Å². The minimum Gasteiger partial charge on any atom is -0.507 e. The number of pyridine rings is 1. The number of hydrogen-bond donors (Lipinski definition) is 1. The number of hydrogen-bond acceptors (Lipinski definition) is 2. The summed E-state index contributed by atoms with van der Waals surface area (Å²) in [4.78, 5) is 4.43. The Morgan fingerprint density at radius 2 is 1.81 bits per heavy atom. The number of benzene rings is 1. The van der Waals surface area contributed by atoms with E-state index in [9.17, 15) is 5.11 Å². The predicted molar refractivity (Wildman–Crippen MR) is 68.1 cm³/mol. The van der Waals surface area contributed by atoms with E-state index in [1.165, 1.54) is 10.4 Å². The molecule has 1 aliphatic rings. The molecule has 1 aliphatic heterocycles. The first kappa shape index (κ1) is 9.60. The van der Waals surface area contributed by atoms with E-state index in [-0.39, 0.29) is 0 Å². The molecule has 0 unspecified atom stereocenters. The Labute approximate surface area is 95.6 Å². The Balaban J connectivity index is 2.45. The molecule has 0 amide bonds. The van der Waals surface area contributed by atoms with Crippen molar-refractivity contribution in [2.75, 3.05) is 0 Å². The average Bonchev–Trinajstić information content (AvgIpc) is 2.51. The zero-order chi connectivity index (χ0) is 11.3. The van der Waals surface area contributed by atoms with E-state index in [0.29, 0.717) is 5.75 Å². The molecule has 0 spiro atoms. The van der Waals surface area contributed by atoms with Crippen LogP contribution in [0.15, 0.2) is 36.5 Å². The summed E-state index contributed by atoms with van der Waals surface area (Å²) in [7, 11) is -1.64. The average molecular weight is 227 g/mol. The van der Waals surface area contributed by atoms with Crippen molar-refractivity contribution in [3.63, 3.8) is 0 Å². The first-order valence-electron chi connectivity index (χ1n) is 5.40. The van der Waals surface area contributed by atoms with Gasteiger partial charge in [0.15, 0.2) is 0 Å². The van der Waals surface area contributed by atoms with E-state index in [4.69, 9.17) is 0 Å². The number of phenolic OH excluding ortho intramolecular Hbond substituents is 1. The SMILES string of the molecule is C[Si]1(C)c2cccnc2-c2c(O)cccc21. The normalized spacial score (nSPS) is 15.6. The van der Waals surface area contributed by atoms with Gasteiger partial charge in [0.1, 0.15) is 13.8 Å². The van der Waals surface area contributed by atoms with Crippen molar-refractivity contribution in [1.29, 1.82) is 0 Å². The van der Waals surface area contributed by atoms with Gasteiger partial charge in [0.2, 0.25) is 0 Å². The summed E-state index contributed by atoms with van der Waals surface area (Å²) in [5.74, 6) is 0.357. The molecule has 0 radical (unpaired) electrons. The van der Waals surface area contributed by atoms with Crippen LogP contribution >= 0.6 is 0 Å². The zero-order valence-corrected chi connectivity index (χ0v) is 10.4. The van der Waals surface area contributed by atoms with Gasteiger partial charge in [0, 0.05) is 11.8 Å². The predicted octanol–water partition coefficient (Wildman–Crippen LogP) is 1.59. The van der Waals surface area contributed by atoms with Gasteiger partial charge in [-0.25, -0.2) is 0 Å². The molecular weight excluding hydrogens is 214 g/mol. The van der Waals surface area contributed by atoms with Crippen LogP contribution in [-0.2, 0) is 0 Å². The summed E-state index contributed by atoms with van der Waals surface area (Å²) >= 11 is 0. The van der Waals surface area contributed by atoms with E-state index in [1.807, 2.05) is 12.1 Å². The number of nitrogens with zero attached hydrogens (tertiary/aromatic N) is 1. The van der Waals surface area contributed by atoms with Gasteiger partial charge in [-0.1, -0.05) is 31.3 Å². The summed E-state index contributed by atoms with van der Waals surface area (Å²) in [5, 5.41) is 12.6. The van der Waals surface area contributed by atoms with Crippen molar-refractivity contribution < 1.29 is 5.11 Å². The lowest BCUT2D eigenvalue weighted by Crippen LogP contribution is -2.49. The molecule has 0 saturated heterocycles. The molecule has 0 saturated carbocycles. The maximum absolute atomic E-state index is 9.99. The van der Waals surface area contributed by atoms with Crippen molar-refractivity contribution in [2.24, 2.45) is 0 Å². The Morgan fingerprint density at radius 1 is 1.06 bits per heavy atom. The third-order valence-electron chi connectivity index (χ3n) is 3.43. The fraction of sp³-hybridized carbons (Fsp3) is 0.154. The van der Waals surface area contributed by atoms with Gasteiger partial charge in [0.05, 0.1) is 5.69 Å². The Kier molecular flexibility index (Phi) is 1.77. The van der Waals surface area contributed by atoms with Gasteiger partial charge in [-0.15, -0.1) is 0 Å². The maximum atomic E-state index is 9.99. The van der Waals surface area contributed by atoms with E-state index in [2.05, 4.69) is 30.2 Å². The van der Waals surface area contributed by atoms with Crippen LogP contribution in [0.25, 0.3) is 11.3 Å². The fourth-order valence-corrected chi connectivity index (χ4v) is 5.53. The van der Waals surface area contributed by atoms with E-state index in [0.717, 1.165) is 11.3 Å². The molecule has 2 nitrogen and oxygen atoms in total. The van der Waals surface area contributed by atoms with Gasteiger partial charge >= 0.3 is 0 Å². The summed E-state index contributed by atoms with van der Waals surface area (Å²) in [6, 6.07) is 9.93. The van der Waals surface area contributed by atoms with Crippen LogP contribution in [0.3, 0.4) is 0 Å². The van der Waals surface area contributed by atoms with Crippen molar-refractivity contribution in [3.8, 4) is 17.0 Å². The zero-order valence-electron chi connectivity index (χ0n) is 9.36. The largest absolute Gasteiger partial charge is 0.507 e. The summed E-state index contributed by atoms with van der Waals surface area (Å²) in [5.41, 5.74) is 1.93. The van der Waals surface area contributed by atoms with Gasteiger partial charge < -0.3 is 5.11 Å². The molecule has 3 heteroatoms. The molecule has 1 N–H and O–H groups in total. The highest BCUT2D eigenvalue weighted by atomic mass is 28.3. The lowest BCUT2D eigenvalue weighted by atomic mass is 10.1. The molecule has 2 aromatic rings. The van der Waals surface area contributed by atoms with E-state index in [1.54, 1.807) is 12.3 Å². The van der Waals surface area contributed by atoms with E-state index < -0.39 is 8.07 Å². The number of rotatable bonds is 0. The molecule has 80 valence electrons. The molecule has 0 fully saturated rings. The maximum Gasteiger partial charge on any atom is 0.124 e. The lowest BCUT2D eigenvalue weighted by molar-refractivity contribution is 0.477. The smallest absolute Gasteiger partial charge is 0.124 e. The number of aromatic nitrogens is 1. The van der Waals surface area contributed by atoms with Gasteiger partial charge in [-0.2, -0.15) is 0 Å². The van der Waals surface area contributed by atoms with Crippen molar-refractivity contribution >= 4 is 18.4 Å². The molecule has 0 atom stereocenters. The second-order valence-corrected chi connectivity index (χ2v) is 9.05. The van der Waals surface area contributed by atoms with Crippen molar-refractivity contribution in [2.45, 2.75) is 13.1 Å². The third kappa shape index (κ3) is 1.04. The van der Waals surface area contributed by atoms with Crippen LogP contribution in [0, 0.1) is 0 Å². The van der Waals surface area contributed by atoms with Crippen molar-refractivity contribution in [1.82, 2.24) is 4.98 Å². The quantitative estimate of drug-likeness (QED) is 0.693. The lowest BCUT2D eigenvalue weighted by Gasteiger charge is -2.17. The first-order chi connectivity index (χ1) is 7.62. The fourth-order valence-electron chi connectivity index (χ4n) is 2.56. The van der Waals surface area contributed by atoms with Crippen LogP contribution in [-0.4, -0.2) is 18.2 Å². The molecule has 16 heavy (non-hydrogen) atoms. The second-order valence-electron chi connectivity index (χ2n) is 4.72. The molecule has 0 bridgehead atoms. The van der Waals surface area contributed by atoms with Crippen LogP contribution in [0.1, 0.15) is 0 Å². The number of aromatic hydroxyl groups is 1. The summed E-state index contributed by atoms with van der Waals surface area (Å²) in [6.45, 7) is 4.61. The standard InChI is InChI=1S/C13H13NOSi/c1-16(2)10-6-3-5-9(15)12(10)13-11(16)7-4-8-14-13/h3-8,15H,1-2H3. The molecule has 0 aliphatic carbocycles. The van der Waals surface area contributed by atoms with Crippen LogP contribution in [0.2, 0.25) is 13.1 Å². The molecule has 2 heterocycles. The van der Waals surface area contributed by atoms with Gasteiger partial charge in [0.25, 0.3) is 0 Å². The van der Waals surface area contributed by atoms with Crippen LogP contribution < -0.4 is 10.4 Å². The Morgan fingerprint density at radius 3 is 2.62 bits per heavy atom. The Bertz CT molecular complexity index is 578. The minimum atomic E-state index is -1.64. The highest BCUT2D eigenvalue weighted by molar-refractivity contribution is 7.03. The van der Waals surface area contributed by atoms with Gasteiger partial charge in [-0.05, 0) is 22.5 Å². The first-order valence-corrected chi connectivity index (χ1v) is 8.40. The third-order valence-corrected chi connectivity index (χ3v) is 6.95. The highest BCUT2D eigenvalue weighted by Gasteiger charge is 2.39. The van der Waals surface area contributed by atoms with Crippen molar-refractivity contribution in [3.05, 3.63) is 36.5 Å². The molecular formula is C13H13NOSi. The van der Waals surface area contributed by atoms with Gasteiger partial charge in [-0.3, -0.25) is 4.98 Å². The number of fused-ring (bicyclic) bond motifs is 3.